The Bertz CT molecular complexity index is 573. The van der Waals surface area contributed by atoms with Crippen molar-refractivity contribution in [1.82, 2.24) is 5.32 Å². The molecule has 0 aliphatic carbocycles. The lowest BCUT2D eigenvalue weighted by atomic mass is 10.2. The largest absolute Gasteiger partial charge is 0.358 e. The Morgan fingerprint density at radius 1 is 1.00 bits per heavy atom. The summed E-state index contributed by atoms with van der Waals surface area (Å²) < 4.78 is 0. The molecule has 5 heteroatoms. The molecule has 2 rings (SSSR count). The fourth-order valence-electron chi connectivity index (χ4n) is 1.53. The molecule has 2 aromatic carbocycles. The molecule has 2 aromatic rings. The predicted octanol–water partition coefficient (Wildman–Crippen LogP) is 4.48. The first-order valence-electron chi connectivity index (χ1n) is 5.69. The minimum absolute atomic E-state index is 0.498. The van der Waals surface area contributed by atoms with E-state index in [0.29, 0.717) is 21.7 Å². The highest BCUT2D eigenvalue weighted by molar-refractivity contribution is 7.80. The minimum atomic E-state index is 0.498. The van der Waals surface area contributed by atoms with Crippen LogP contribution in [0, 0.1) is 0 Å². The number of hydrogen-bond donors (Lipinski definition) is 2. The van der Waals surface area contributed by atoms with Crippen molar-refractivity contribution in [2.24, 2.45) is 0 Å². The number of anilines is 1. The predicted molar refractivity (Wildman–Crippen MR) is 86.0 cm³/mol. The van der Waals surface area contributed by atoms with Crippen LogP contribution in [-0.4, -0.2) is 5.11 Å². The third-order valence-electron chi connectivity index (χ3n) is 2.47. The van der Waals surface area contributed by atoms with Gasteiger partial charge in [0.25, 0.3) is 0 Å². The van der Waals surface area contributed by atoms with Crippen LogP contribution in [0.4, 0.5) is 5.69 Å². The van der Waals surface area contributed by atoms with Gasteiger partial charge in [-0.25, -0.2) is 0 Å². The lowest BCUT2D eigenvalue weighted by Crippen LogP contribution is -2.27. The van der Waals surface area contributed by atoms with Gasteiger partial charge in [0.2, 0.25) is 0 Å². The quantitative estimate of drug-likeness (QED) is 0.817. The minimum Gasteiger partial charge on any atom is -0.358 e. The maximum Gasteiger partial charge on any atom is 0.171 e. The molecule has 0 fully saturated rings. The summed E-state index contributed by atoms with van der Waals surface area (Å²) in [7, 11) is 0. The molecule has 0 spiro atoms. The average molecular weight is 311 g/mol. The van der Waals surface area contributed by atoms with Crippen molar-refractivity contribution in [1.29, 1.82) is 0 Å². The standard InChI is InChI=1S/C14H12Cl2N2S/c15-12-7-6-11(8-13(12)16)18-14(19)17-9-10-4-2-1-3-5-10/h1-8H,9H2,(H2,17,18,19). The molecule has 0 amide bonds. The highest BCUT2D eigenvalue weighted by Crippen LogP contribution is 2.24. The summed E-state index contributed by atoms with van der Waals surface area (Å²) in [6, 6.07) is 15.3. The molecule has 2 N–H and O–H groups in total. The smallest absolute Gasteiger partial charge is 0.171 e. The van der Waals surface area contributed by atoms with Crippen molar-refractivity contribution in [3.8, 4) is 0 Å². The van der Waals surface area contributed by atoms with Crippen LogP contribution >= 0.6 is 35.4 Å². The zero-order valence-corrected chi connectivity index (χ0v) is 12.3. The molecule has 0 radical (unpaired) electrons. The van der Waals surface area contributed by atoms with Crippen molar-refractivity contribution < 1.29 is 0 Å². The molecular weight excluding hydrogens is 299 g/mol. The van der Waals surface area contributed by atoms with Crippen molar-refractivity contribution in [3.05, 3.63) is 64.1 Å². The SMILES string of the molecule is S=C(NCc1ccccc1)Nc1ccc(Cl)c(Cl)c1. The number of thiocarbonyl (C=S) groups is 1. The maximum absolute atomic E-state index is 5.93. The Morgan fingerprint density at radius 2 is 1.74 bits per heavy atom. The van der Waals surface area contributed by atoms with Gasteiger partial charge in [-0.05, 0) is 36.0 Å². The van der Waals surface area contributed by atoms with E-state index < -0.39 is 0 Å². The van der Waals surface area contributed by atoms with E-state index in [4.69, 9.17) is 35.4 Å². The van der Waals surface area contributed by atoms with Gasteiger partial charge >= 0.3 is 0 Å². The Hall–Kier alpha value is -1.29. The lowest BCUT2D eigenvalue weighted by molar-refractivity contribution is 0.926. The van der Waals surface area contributed by atoms with Crippen LogP contribution in [0.1, 0.15) is 5.56 Å². The number of benzene rings is 2. The first kappa shape index (κ1) is 14.1. The average Bonchev–Trinajstić information content (AvgIpc) is 2.42. The van der Waals surface area contributed by atoms with Gasteiger partial charge in [-0.1, -0.05) is 53.5 Å². The molecule has 0 aromatic heterocycles. The second-order valence-corrected chi connectivity index (χ2v) is 5.14. The highest BCUT2D eigenvalue weighted by Gasteiger charge is 2.01. The zero-order chi connectivity index (χ0) is 13.7. The van der Waals surface area contributed by atoms with Crippen LogP contribution in [-0.2, 0) is 6.54 Å². The third-order valence-corrected chi connectivity index (χ3v) is 3.46. The molecule has 0 saturated heterocycles. The molecule has 0 atom stereocenters. The van der Waals surface area contributed by atoms with Gasteiger partial charge in [0.15, 0.2) is 5.11 Å². The fraction of sp³-hybridized carbons (Fsp3) is 0.0714. The van der Waals surface area contributed by atoms with Crippen LogP contribution in [0.2, 0.25) is 10.0 Å². The topological polar surface area (TPSA) is 24.1 Å². The zero-order valence-electron chi connectivity index (χ0n) is 9.99. The van der Waals surface area contributed by atoms with Crippen LogP contribution in [0.25, 0.3) is 0 Å². The fourth-order valence-corrected chi connectivity index (χ4v) is 2.02. The molecule has 0 unspecified atom stereocenters. The molecule has 0 heterocycles. The molecule has 2 nitrogen and oxygen atoms in total. The van der Waals surface area contributed by atoms with Crippen molar-refractivity contribution in [2.75, 3.05) is 5.32 Å². The summed E-state index contributed by atoms with van der Waals surface area (Å²) in [6.45, 7) is 0.675. The van der Waals surface area contributed by atoms with Gasteiger partial charge in [0.05, 0.1) is 10.0 Å². The summed E-state index contributed by atoms with van der Waals surface area (Å²) in [5.74, 6) is 0. The Labute approximate surface area is 127 Å². The van der Waals surface area contributed by atoms with E-state index in [-0.39, 0.29) is 0 Å². The van der Waals surface area contributed by atoms with Gasteiger partial charge < -0.3 is 10.6 Å². The molecule has 19 heavy (non-hydrogen) atoms. The van der Waals surface area contributed by atoms with Crippen LogP contribution < -0.4 is 10.6 Å². The number of hydrogen-bond acceptors (Lipinski definition) is 1. The van der Waals surface area contributed by atoms with Gasteiger partial charge in [0, 0.05) is 12.2 Å². The Kier molecular flexibility index (Phi) is 5.02. The first-order chi connectivity index (χ1) is 9.15. The van der Waals surface area contributed by atoms with E-state index in [1.165, 1.54) is 5.56 Å². The highest BCUT2D eigenvalue weighted by atomic mass is 35.5. The molecule has 0 bridgehead atoms. The second-order valence-electron chi connectivity index (χ2n) is 3.92. The molecule has 0 aliphatic rings. The van der Waals surface area contributed by atoms with Gasteiger partial charge in [-0.3, -0.25) is 0 Å². The monoisotopic (exact) mass is 310 g/mol. The van der Waals surface area contributed by atoms with E-state index in [2.05, 4.69) is 10.6 Å². The molecule has 0 aliphatic heterocycles. The molecular formula is C14H12Cl2N2S. The summed E-state index contributed by atoms with van der Waals surface area (Å²) in [4.78, 5) is 0. The van der Waals surface area contributed by atoms with E-state index in [0.717, 1.165) is 5.69 Å². The van der Waals surface area contributed by atoms with Gasteiger partial charge in [-0.15, -0.1) is 0 Å². The summed E-state index contributed by atoms with van der Waals surface area (Å²) in [5.41, 5.74) is 1.97. The van der Waals surface area contributed by atoms with Gasteiger partial charge in [0.1, 0.15) is 0 Å². The van der Waals surface area contributed by atoms with Crippen molar-refractivity contribution in [2.45, 2.75) is 6.54 Å². The number of rotatable bonds is 3. The normalized spacial score (nSPS) is 10.0. The Morgan fingerprint density at radius 3 is 2.42 bits per heavy atom. The number of halogens is 2. The van der Waals surface area contributed by atoms with Crippen molar-refractivity contribution in [3.63, 3.8) is 0 Å². The van der Waals surface area contributed by atoms with E-state index >= 15 is 0 Å². The molecule has 98 valence electrons. The summed E-state index contributed by atoms with van der Waals surface area (Å²) in [5, 5.41) is 7.75. The Balaban J connectivity index is 1.89. The van der Waals surface area contributed by atoms with Crippen LogP contribution in [0.15, 0.2) is 48.5 Å². The lowest BCUT2D eigenvalue weighted by Gasteiger charge is -2.11. The third kappa shape index (κ3) is 4.39. The van der Waals surface area contributed by atoms with Crippen molar-refractivity contribution >= 4 is 46.2 Å². The molecule has 0 saturated carbocycles. The number of nitrogens with one attached hydrogen (secondary N) is 2. The first-order valence-corrected chi connectivity index (χ1v) is 6.85. The maximum atomic E-state index is 5.93. The summed E-state index contributed by atoms with van der Waals surface area (Å²) in [6.07, 6.45) is 0. The van der Waals surface area contributed by atoms with Crippen LogP contribution in [0.3, 0.4) is 0 Å². The second kappa shape index (κ2) is 6.75. The van der Waals surface area contributed by atoms with E-state index in [1.807, 2.05) is 36.4 Å². The summed E-state index contributed by atoms with van der Waals surface area (Å²) >= 11 is 17.0. The van der Waals surface area contributed by atoms with E-state index in [1.54, 1.807) is 12.1 Å². The van der Waals surface area contributed by atoms with Crippen LogP contribution in [0.5, 0.6) is 0 Å². The van der Waals surface area contributed by atoms with E-state index in [9.17, 15) is 0 Å². The van der Waals surface area contributed by atoms with Gasteiger partial charge in [-0.2, -0.15) is 0 Å².